The molecule has 0 unspecified atom stereocenters. The SMILES string of the molecule is Cc1ccc(C#CC(=O)N(C)[C@H]2[C@H](C)C[C@@]3(O)[C@H]4Cc5ccc(O)c6c5[C@@]3(CCN4C)[C@H]2O6)cc1C. The van der Waals surface area contributed by atoms with Crippen molar-refractivity contribution < 1.29 is 19.7 Å². The summed E-state index contributed by atoms with van der Waals surface area (Å²) in [7, 11) is 3.88. The van der Waals surface area contributed by atoms with Crippen molar-refractivity contribution in [3.05, 3.63) is 58.1 Å². The second-order valence-electron chi connectivity index (χ2n) is 11.5. The van der Waals surface area contributed by atoms with Crippen molar-refractivity contribution >= 4 is 5.91 Å². The van der Waals surface area contributed by atoms with Gasteiger partial charge in [-0.15, -0.1) is 0 Å². The van der Waals surface area contributed by atoms with Crippen LogP contribution in [0.2, 0.25) is 0 Å². The predicted octanol–water partition coefficient (Wildman–Crippen LogP) is 2.92. The minimum atomic E-state index is -0.998. The van der Waals surface area contributed by atoms with Crippen LogP contribution in [0.15, 0.2) is 30.3 Å². The second-order valence-corrected chi connectivity index (χ2v) is 11.5. The van der Waals surface area contributed by atoms with Crippen LogP contribution in [0.5, 0.6) is 11.5 Å². The number of aryl methyl sites for hydroxylation is 2. The van der Waals surface area contributed by atoms with Gasteiger partial charge in [0.05, 0.1) is 17.1 Å². The highest BCUT2D eigenvalue weighted by Crippen LogP contribution is 2.66. The zero-order valence-electron chi connectivity index (χ0n) is 21.6. The molecule has 6 nitrogen and oxygen atoms in total. The number of benzene rings is 2. The number of aliphatic hydroxyl groups is 1. The smallest absolute Gasteiger partial charge is 0.298 e. The fourth-order valence-electron chi connectivity index (χ4n) is 7.75. The third-order valence-electron chi connectivity index (χ3n) is 9.64. The molecule has 188 valence electrons. The van der Waals surface area contributed by atoms with Crippen LogP contribution < -0.4 is 4.74 Å². The molecule has 2 N–H and O–H groups in total. The molecule has 2 aromatic rings. The van der Waals surface area contributed by atoms with Gasteiger partial charge < -0.3 is 24.7 Å². The molecule has 1 spiro atoms. The minimum absolute atomic E-state index is 0.0162. The third kappa shape index (κ3) is 2.90. The van der Waals surface area contributed by atoms with Gasteiger partial charge in [0.2, 0.25) is 0 Å². The molecule has 2 heterocycles. The van der Waals surface area contributed by atoms with E-state index in [1.165, 1.54) is 5.56 Å². The lowest BCUT2D eigenvalue weighted by Gasteiger charge is -2.65. The number of carbonyl (C=O) groups excluding carboxylic acids is 1. The van der Waals surface area contributed by atoms with Gasteiger partial charge in [0.15, 0.2) is 11.5 Å². The van der Waals surface area contributed by atoms with Crippen molar-refractivity contribution in [2.24, 2.45) is 5.92 Å². The van der Waals surface area contributed by atoms with E-state index in [-0.39, 0.29) is 29.7 Å². The summed E-state index contributed by atoms with van der Waals surface area (Å²) in [5.74, 6) is 6.19. The van der Waals surface area contributed by atoms with Crippen LogP contribution in [0.4, 0.5) is 0 Å². The number of ether oxygens (including phenoxy) is 1. The highest BCUT2D eigenvalue weighted by Gasteiger charge is 2.74. The van der Waals surface area contributed by atoms with Gasteiger partial charge in [-0.2, -0.15) is 0 Å². The number of amides is 1. The second kappa shape index (κ2) is 7.74. The molecule has 2 bridgehead atoms. The number of hydrogen-bond donors (Lipinski definition) is 2. The summed E-state index contributed by atoms with van der Waals surface area (Å²) >= 11 is 0. The summed E-state index contributed by atoms with van der Waals surface area (Å²) < 4.78 is 6.59. The Balaban J connectivity index is 1.41. The van der Waals surface area contributed by atoms with Gasteiger partial charge in [0.1, 0.15) is 6.10 Å². The zero-order valence-corrected chi connectivity index (χ0v) is 21.6. The Kier molecular flexibility index (Phi) is 5.03. The summed E-state index contributed by atoms with van der Waals surface area (Å²) in [4.78, 5) is 17.4. The molecule has 1 saturated carbocycles. The Hall–Kier alpha value is -3.01. The van der Waals surface area contributed by atoms with Gasteiger partial charge in [-0.1, -0.05) is 25.0 Å². The lowest BCUT2D eigenvalue weighted by molar-refractivity contribution is -0.208. The maximum atomic E-state index is 13.4. The number of aromatic hydroxyl groups is 1. The first kappa shape index (κ1) is 23.4. The van der Waals surface area contributed by atoms with Gasteiger partial charge in [0, 0.05) is 30.1 Å². The summed E-state index contributed by atoms with van der Waals surface area (Å²) in [6.45, 7) is 7.01. The first-order valence-corrected chi connectivity index (χ1v) is 12.9. The van der Waals surface area contributed by atoms with Crippen LogP contribution in [-0.4, -0.2) is 70.3 Å². The number of nitrogens with zero attached hydrogens (tertiary/aromatic N) is 2. The van der Waals surface area contributed by atoms with Crippen molar-refractivity contribution in [1.29, 1.82) is 0 Å². The Morgan fingerprint density at radius 3 is 2.75 bits per heavy atom. The molecule has 4 aliphatic rings. The van der Waals surface area contributed by atoms with Crippen molar-refractivity contribution in [2.45, 2.75) is 69.2 Å². The van der Waals surface area contributed by atoms with Crippen LogP contribution in [0, 0.1) is 31.6 Å². The summed E-state index contributed by atoms with van der Waals surface area (Å²) in [6.07, 6.45) is 1.54. The van der Waals surface area contributed by atoms with E-state index in [4.69, 9.17) is 4.74 Å². The number of likely N-dealkylation sites (N-methyl/N-ethyl adjacent to an activating group) is 2. The quantitative estimate of drug-likeness (QED) is 0.607. The third-order valence-corrected chi connectivity index (χ3v) is 9.64. The highest BCUT2D eigenvalue weighted by atomic mass is 16.5. The fraction of sp³-hybridized carbons (Fsp3) is 0.500. The van der Waals surface area contributed by atoms with Gasteiger partial charge in [-0.25, -0.2) is 0 Å². The summed E-state index contributed by atoms with van der Waals surface area (Å²) in [6, 6.07) is 9.31. The van der Waals surface area contributed by atoms with Crippen molar-refractivity contribution in [2.75, 3.05) is 20.6 Å². The van der Waals surface area contributed by atoms with Crippen LogP contribution in [0.1, 0.15) is 47.6 Å². The molecule has 0 radical (unpaired) electrons. The first-order valence-electron chi connectivity index (χ1n) is 12.9. The Morgan fingerprint density at radius 2 is 2.00 bits per heavy atom. The van der Waals surface area contributed by atoms with E-state index in [1.807, 2.05) is 31.2 Å². The van der Waals surface area contributed by atoms with E-state index in [2.05, 4.69) is 37.6 Å². The van der Waals surface area contributed by atoms with E-state index >= 15 is 0 Å². The highest BCUT2D eigenvalue weighted by molar-refractivity contribution is 5.94. The van der Waals surface area contributed by atoms with Crippen LogP contribution in [-0.2, 0) is 16.6 Å². The average molecular weight is 487 g/mol. The largest absolute Gasteiger partial charge is 0.504 e. The molecule has 36 heavy (non-hydrogen) atoms. The molecule has 2 aliphatic carbocycles. The summed E-state index contributed by atoms with van der Waals surface area (Å²) in [5.41, 5.74) is 3.57. The number of hydrogen-bond acceptors (Lipinski definition) is 5. The number of rotatable bonds is 1. The van der Waals surface area contributed by atoms with E-state index in [1.54, 1.807) is 18.0 Å². The van der Waals surface area contributed by atoms with Gasteiger partial charge in [0.25, 0.3) is 5.91 Å². The van der Waals surface area contributed by atoms with Crippen molar-refractivity contribution in [3.63, 3.8) is 0 Å². The van der Waals surface area contributed by atoms with Crippen LogP contribution in [0.3, 0.4) is 0 Å². The number of phenolic OH excluding ortho intramolecular Hbond substituents is 1. The monoisotopic (exact) mass is 486 g/mol. The maximum absolute atomic E-state index is 13.4. The van der Waals surface area contributed by atoms with Gasteiger partial charge >= 0.3 is 0 Å². The number of phenols is 1. The van der Waals surface area contributed by atoms with E-state index in [0.717, 1.165) is 35.2 Å². The first-order chi connectivity index (χ1) is 17.1. The normalized spacial score (nSPS) is 33.7. The van der Waals surface area contributed by atoms with E-state index in [9.17, 15) is 15.0 Å². The molecular formula is C30H34N2O4. The molecule has 6 atom stereocenters. The fourth-order valence-corrected chi connectivity index (χ4v) is 7.75. The molecule has 1 saturated heterocycles. The van der Waals surface area contributed by atoms with Crippen molar-refractivity contribution in [3.8, 4) is 23.3 Å². The average Bonchev–Trinajstić information content (AvgIpc) is 3.18. The Labute approximate surface area is 212 Å². The molecule has 6 rings (SSSR count). The molecule has 0 aromatic heterocycles. The molecule has 6 heteroatoms. The molecular weight excluding hydrogens is 452 g/mol. The molecule has 2 aromatic carbocycles. The van der Waals surface area contributed by atoms with Crippen molar-refractivity contribution in [1.82, 2.24) is 9.80 Å². The topological polar surface area (TPSA) is 73.2 Å². The van der Waals surface area contributed by atoms with Crippen LogP contribution in [0.25, 0.3) is 0 Å². The molecule has 2 aliphatic heterocycles. The lowest BCUT2D eigenvalue weighted by atomic mass is 9.47. The van der Waals surface area contributed by atoms with Gasteiger partial charge in [-0.3, -0.25) is 4.79 Å². The molecule has 2 fully saturated rings. The minimum Gasteiger partial charge on any atom is -0.504 e. The van der Waals surface area contributed by atoms with E-state index in [0.29, 0.717) is 18.6 Å². The zero-order chi connectivity index (χ0) is 25.6. The number of likely N-dealkylation sites (tertiary alicyclic amines) is 1. The Bertz CT molecular complexity index is 1340. The predicted molar refractivity (Wildman–Crippen MR) is 137 cm³/mol. The molecule has 1 amide bonds. The van der Waals surface area contributed by atoms with Gasteiger partial charge in [-0.05, 0) is 87.5 Å². The Morgan fingerprint density at radius 1 is 1.22 bits per heavy atom. The standard InChI is InChI=1S/C30H34N2O4/c1-17-6-7-20(14-18(17)2)8-11-24(34)32(5)26-19(3)16-30(35)23-15-21-9-10-22(33)27-25(21)29(30,28(26)36-27)12-13-31(23)4/h6-7,9-10,14,19,23,26,28,33,35H,12-13,15-16H2,1-5H3/t19-,23-,26+,28+,29+,30-/m1/s1. The van der Waals surface area contributed by atoms with E-state index < -0.39 is 17.1 Å². The number of carbonyl (C=O) groups is 1. The lowest BCUT2D eigenvalue weighted by Crippen LogP contribution is -2.79. The van der Waals surface area contributed by atoms with Crippen LogP contribution >= 0.6 is 0 Å². The maximum Gasteiger partial charge on any atom is 0.298 e. The number of piperidine rings is 1. The summed E-state index contributed by atoms with van der Waals surface area (Å²) in [5, 5.41) is 23.2.